The lowest BCUT2D eigenvalue weighted by atomic mass is 10.0. The van der Waals surface area contributed by atoms with Crippen molar-refractivity contribution < 1.29 is 43.9 Å². The van der Waals surface area contributed by atoms with Gasteiger partial charge in [0.05, 0.1) is 17.9 Å². The van der Waals surface area contributed by atoms with Gasteiger partial charge in [-0.05, 0) is 30.5 Å². The van der Waals surface area contributed by atoms with E-state index in [1.165, 1.54) is 0 Å². The number of alkyl halides is 6. The lowest BCUT2D eigenvalue weighted by Crippen LogP contribution is -2.54. The number of halogens is 7. The molecule has 1 amide bonds. The van der Waals surface area contributed by atoms with E-state index in [4.69, 9.17) is 6.42 Å². The van der Waals surface area contributed by atoms with Gasteiger partial charge in [-0.3, -0.25) is 10.1 Å². The number of nitrogens with one attached hydrogen (secondary N) is 2. The summed E-state index contributed by atoms with van der Waals surface area (Å²) in [7, 11) is -4.60. The Labute approximate surface area is 179 Å². The zero-order valence-electron chi connectivity index (χ0n) is 16.4. The van der Waals surface area contributed by atoms with Crippen molar-refractivity contribution in [1.82, 2.24) is 10.6 Å². The summed E-state index contributed by atoms with van der Waals surface area (Å²) in [6, 6.07) is -1.62. The summed E-state index contributed by atoms with van der Waals surface area (Å²) in [6.07, 6.45) is -5.70. The van der Waals surface area contributed by atoms with Gasteiger partial charge in [0.1, 0.15) is 23.4 Å². The van der Waals surface area contributed by atoms with Crippen LogP contribution in [0.25, 0.3) is 0 Å². The highest BCUT2D eigenvalue weighted by atomic mass is 32.2. The highest BCUT2D eigenvalue weighted by Crippen LogP contribution is 2.36. The van der Waals surface area contributed by atoms with Crippen LogP contribution in [-0.2, 0) is 14.6 Å². The van der Waals surface area contributed by atoms with E-state index < -0.39 is 75.0 Å². The van der Waals surface area contributed by atoms with Crippen LogP contribution >= 0.6 is 0 Å². The van der Waals surface area contributed by atoms with Gasteiger partial charge < -0.3 is 5.32 Å². The molecule has 1 fully saturated rings. The smallest absolute Gasteiger partial charge is 0.338 e. The first kappa shape index (κ1) is 25.9. The van der Waals surface area contributed by atoms with Crippen LogP contribution in [0.5, 0.6) is 0 Å². The van der Waals surface area contributed by atoms with Crippen LogP contribution in [0.2, 0.25) is 0 Å². The molecule has 0 aliphatic heterocycles. The minimum Gasteiger partial charge on any atom is -0.338 e. The minimum atomic E-state index is -5.05. The Balaban J connectivity index is 2.32. The average molecular weight is 488 g/mol. The van der Waals surface area contributed by atoms with E-state index in [2.05, 4.69) is 11.2 Å². The first-order valence-electron chi connectivity index (χ1n) is 9.21. The summed E-state index contributed by atoms with van der Waals surface area (Å²) < 4.78 is 116. The molecule has 0 saturated heterocycles. The molecular formula is C19H19F7N2O3S. The van der Waals surface area contributed by atoms with Crippen molar-refractivity contribution in [1.29, 1.82) is 0 Å². The lowest BCUT2D eigenvalue weighted by molar-refractivity contribution is -0.160. The van der Waals surface area contributed by atoms with E-state index in [1.807, 2.05) is 5.32 Å². The number of hydrogen-bond donors (Lipinski definition) is 2. The topological polar surface area (TPSA) is 75.3 Å². The van der Waals surface area contributed by atoms with Crippen molar-refractivity contribution in [2.45, 2.75) is 49.2 Å². The normalized spacial score (nSPS) is 17.8. The summed E-state index contributed by atoms with van der Waals surface area (Å²) in [5.41, 5.74) is -1.67. The number of benzene rings is 1. The Morgan fingerprint density at radius 1 is 1.12 bits per heavy atom. The van der Waals surface area contributed by atoms with E-state index in [0.717, 1.165) is 24.3 Å². The quantitative estimate of drug-likeness (QED) is 0.414. The van der Waals surface area contributed by atoms with E-state index in [9.17, 15) is 43.9 Å². The lowest BCUT2D eigenvalue weighted by Gasteiger charge is -2.28. The second kappa shape index (κ2) is 9.27. The Morgan fingerprint density at radius 2 is 1.69 bits per heavy atom. The van der Waals surface area contributed by atoms with Gasteiger partial charge in [-0.1, -0.05) is 18.1 Å². The molecule has 1 saturated carbocycles. The number of hydrogen-bond acceptors (Lipinski definition) is 4. The molecule has 178 valence electrons. The van der Waals surface area contributed by atoms with Gasteiger partial charge in [-0.15, -0.1) is 6.42 Å². The molecule has 1 aliphatic rings. The molecule has 1 aromatic rings. The molecule has 2 N–H and O–H groups in total. The molecule has 5 nitrogen and oxygen atoms in total. The van der Waals surface area contributed by atoms with Crippen LogP contribution in [0.4, 0.5) is 30.7 Å². The molecule has 32 heavy (non-hydrogen) atoms. The molecule has 2 atom stereocenters. The first-order valence-corrected chi connectivity index (χ1v) is 11.0. The molecule has 0 bridgehead atoms. The molecule has 0 aromatic heterocycles. The Hall–Kier alpha value is -2.33. The van der Waals surface area contributed by atoms with Crippen LogP contribution in [0, 0.1) is 18.2 Å². The zero-order chi connectivity index (χ0) is 24.4. The number of carbonyl (C=O) groups is 1. The van der Waals surface area contributed by atoms with Crippen LogP contribution in [0.3, 0.4) is 0 Å². The Bertz CT molecular complexity index is 963. The van der Waals surface area contributed by atoms with Crippen LogP contribution in [0.15, 0.2) is 24.3 Å². The van der Waals surface area contributed by atoms with Gasteiger partial charge in [0.25, 0.3) is 0 Å². The molecular weight excluding hydrogens is 469 g/mol. The Kier molecular flexibility index (Phi) is 7.51. The van der Waals surface area contributed by atoms with Crippen molar-refractivity contribution in [2.75, 3.05) is 11.5 Å². The van der Waals surface area contributed by atoms with Gasteiger partial charge in [-0.25, -0.2) is 12.8 Å². The summed E-state index contributed by atoms with van der Waals surface area (Å²) in [6.45, 7) is 0. The maximum atomic E-state index is 13.7. The van der Waals surface area contributed by atoms with E-state index in [1.54, 1.807) is 0 Å². The van der Waals surface area contributed by atoms with Gasteiger partial charge >= 0.3 is 12.4 Å². The highest BCUT2D eigenvalue weighted by molar-refractivity contribution is 7.91. The summed E-state index contributed by atoms with van der Waals surface area (Å²) in [5.74, 6) is -2.52. The van der Waals surface area contributed by atoms with E-state index >= 15 is 0 Å². The third kappa shape index (κ3) is 7.67. The number of amides is 1. The number of rotatable bonds is 9. The van der Waals surface area contributed by atoms with Crippen molar-refractivity contribution >= 4 is 15.7 Å². The maximum absolute atomic E-state index is 13.7. The second-order valence-electron chi connectivity index (χ2n) is 7.44. The van der Waals surface area contributed by atoms with E-state index in [0.29, 0.717) is 12.8 Å². The van der Waals surface area contributed by atoms with Crippen LogP contribution in [-0.4, -0.2) is 49.8 Å². The van der Waals surface area contributed by atoms with Crippen molar-refractivity contribution in [2.24, 2.45) is 0 Å². The molecule has 0 unspecified atom stereocenters. The van der Waals surface area contributed by atoms with Crippen molar-refractivity contribution in [3.8, 4) is 12.3 Å². The summed E-state index contributed by atoms with van der Waals surface area (Å²) in [5, 5.41) is 4.15. The summed E-state index contributed by atoms with van der Waals surface area (Å²) in [4.78, 5) is 12.6. The fourth-order valence-corrected chi connectivity index (χ4v) is 4.26. The fraction of sp³-hybridized carbons (Fsp3) is 0.526. The molecule has 2 rings (SSSR count). The first-order chi connectivity index (χ1) is 14.6. The minimum absolute atomic E-state index is 0.309. The zero-order valence-corrected chi connectivity index (χ0v) is 17.2. The van der Waals surface area contributed by atoms with Gasteiger partial charge in [0.2, 0.25) is 5.91 Å². The average Bonchev–Trinajstić information content (AvgIpc) is 3.43. The standard InChI is InChI=1S/C19H19F7N2O3S/c1-2-17(7-8-17)28-16(29)14(11-32(30,31)10-9-18(21,22)23)27-15(19(24,25)26)12-3-5-13(20)6-4-12/h1,3-6,14-15,27H,7-11H2,(H,28,29)/t14-,15-/m0/s1. The molecule has 13 heteroatoms. The predicted molar refractivity (Wildman–Crippen MR) is 100 cm³/mol. The predicted octanol–water partition coefficient (Wildman–Crippen LogP) is 3.04. The molecule has 0 radical (unpaired) electrons. The third-order valence-electron chi connectivity index (χ3n) is 4.72. The van der Waals surface area contributed by atoms with E-state index in [-0.39, 0.29) is 0 Å². The number of terminal acetylenes is 1. The third-order valence-corrected chi connectivity index (χ3v) is 6.39. The van der Waals surface area contributed by atoms with Gasteiger partial charge in [0.15, 0.2) is 9.84 Å². The second-order valence-corrected chi connectivity index (χ2v) is 9.67. The maximum Gasteiger partial charge on any atom is 0.407 e. The molecule has 1 aliphatic carbocycles. The molecule has 0 heterocycles. The van der Waals surface area contributed by atoms with Crippen molar-refractivity contribution in [3.05, 3.63) is 35.6 Å². The van der Waals surface area contributed by atoms with Crippen LogP contribution < -0.4 is 10.6 Å². The van der Waals surface area contributed by atoms with Crippen molar-refractivity contribution in [3.63, 3.8) is 0 Å². The molecule has 1 aromatic carbocycles. The van der Waals surface area contributed by atoms with Gasteiger partial charge in [-0.2, -0.15) is 26.3 Å². The number of sulfone groups is 1. The van der Waals surface area contributed by atoms with Crippen LogP contribution in [0.1, 0.15) is 30.9 Å². The SMILES string of the molecule is C#CC1(NC(=O)[C@H](CS(=O)(=O)CCC(F)(F)F)N[C@@H](c2ccc(F)cc2)C(F)(F)F)CC1. The monoisotopic (exact) mass is 488 g/mol. The summed E-state index contributed by atoms with van der Waals surface area (Å²) >= 11 is 0. The fourth-order valence-electron chi connectivity index (χ4n) is 2.80. The highest BCUT2D eigenvalue weighted by Gasteiger charge is 2.47. The number of carbonyl (C=O) groups excluding carboxylic acids is 1. The Morgan fingerprint density at radius 3 is 2.12 bits per heavy atom. The largest absolute Gasteiger partial charge is 0.407 e. The van der Waals surface area contributed by atoms with Gasteiger partial charge in [0, 0.05) is 0 Å². The molecule has 0 spiro atoms.